The average molecular weight is 223 g/mol. The Hall–Kier alpha value is -1.00. The molecule has 0 aliphatic rings. The highest BCUT2D eigenvalue weighted by molar-refractivity contribution is 5.92. The zero-order valence-electron chi connectivity index (χ0n) is 8.95. The van der Waals surface area contributed by atoms with Crippen molar-refractivity contribution in [1.82, 2.24) is 5.32 Å². The standard InChI is InChI=1S/C10H16F3NO/c1-4-8(3)14-9(15)7(2)5-6-10(11,12)13/h8H,2,4-6H2,1,3H3,(H,14,15). The molecule has 15 heavy (non-hydrogen) atoms. The van der Waals surface area contributed by atoms with E-state index < -0.39 is 18.5 Å². The zero-order chi connectivity index (χ0) is 12.1. The Morgan fingerprint density at radius 1 is 1.47 bits per heavy atom. The van der Waals surface area contributed by atoms with Crippen LogP contribution in [-0.4, -0.2) is 18.1 Å². The minimum atomic E-state index is -4.24. The van der Waals surface area contributed by atoms with E-state index in [1.54, 1.807) is 6.92 Å². The third-order valence-electron chi connectivity index (χ3n) is 2.02. The van der Waals surface area contributed by atoms with E-state index in [0.29, 0.717) is 0 Å². The Morgan fingerprint density at radius 2 is 2.00 bits per heavy atom. The van der Waals surface area contributed by atoms with Gasteiger partial charge < -0.3 is 5.32 Å². The van der Waals surface area contributed by atoms with Gasteiger partial charge in [-0.3, -0.25) is 4.79 Å². The Balaban J connectivity index is 3.96. The van der Waals surface area contributed by atoms with Crippen LogP contribution < -0.4 is 5.32 Å². The minimum absolute atomic E-state index is 0.0207. The molecule has 2 nitrogen and oxygen atoms in total. The molecule has 0 rings (SSSR count). The number of carbonyl (C=O) groups excluding carboxylic acids is 1. The van der Waals surface area contributed by atoms with Crippen molar-refractivity contribution in [3.63, 3.8) is 0 Å². The van der Waals surface area contributed by atoms with Gasteiger partial charge in [-0.15, -0.1) is 0 Å². The van der Waals surface area contributed by atoms with E-state index >= 15 is 0 Å². The van der Waals surface area contributed by atoms with Gasteiger partial charge in [0.1, 0.15) is 0 Å². The van der Waals surface area contributed by atoms with Crippen LogP contribution in [0.3, 0.4) is 0 Å². The van der Waals surface area contributed by atoms with Crippen LogP contribution in [-0.2, 0) is 4.79 Å². The van der Waals surface area contributed by atoms with E-state index in [9.17, 15) is 18.0 Å². The maximum atomic E-state index is 11.8. The first-order valence-corrected chi connectivity index (χ1v) is 4.81. The van der Waals surface area contributed by atoms with Gasteiger partial charge in [-0.1, -0.05) is 13.5 Å². The first kappa shape index (κ1) is 14.0. The molecule has 0 heterocycles. The molecule has 0 aliphatic carbocycles. The monoisotopic (exact) mass is 223 g/mol. The maximum Gasteiger partial charge on any atom is 0.389 e. The minimum Gasteiger partial charge on any atom is -0.350 e. The number of rotatable bonds is 5. The lowest BCUT2D eigenvalue weighted by Crippen LogP contribution is -2.33. The fraction of sp³-hybridized carbons (Fsp3) is 0.700. The topological polar surface area (TPSA) is 29.1 Å². The first-order valence-electron chi connectivity index (χ1n) is 4.81. The molecular weight excluding hydrogens is 207 g/mol. The predicted octanol–water partition coefficient (Wildman–Crippen LogP) is 2.80. The van der Waals surface area contributed by atoms with Gasteiger partial charge in [0.25, 0.3) is 0 Å². The van der Waals surface area contributed by atoms with Crippen molar-refractivity contribution >= 4 is 5.91 Å². The molecule has 0 fully saturated rings. The number of hydrogen-bond donors (Lipinski definition) is 1. The van der Waals surface area contributed by atoms with Gasteiger partial charge in [0.15, 0.2) is 0 Å². The van der Waals surface area contributed by atoms with Crippen molar-refractivity contribution in [3.05, 3.63) is 12.2 Å². The number of amides is 1. The van der Waals surface area contributed by atoms with E-state index in [2.05, 4.69) is 11.9 Å². The molecule has 0 aromatic heterocycles. The van der Waals surface area contributed by atoms with E-state index in [4.69, 9.17) is 0 Å². The maximum absolute atomic E-state index is 11.8. The van der Waals surface area contributed by atoms with E-state index in [-0.39, 0.29) is 18.0 Å². The van der Waals surface area contributed by atoms with Gasteiger partial charge in [0, 0.05) is 18.0 Å². The lowest BCUT2D eigenvalue weighted by atomic mass is 10.1. The van der Waals surface area contributed by atoms with Crippen molar-refractivity contribution in [3.8, 4) is 0 Å². The van der Waals surface area contributed by atoms with Crippen molar-refractivity contribution in [2.45, 2.75) is 45.3 Å². The lowest BCUT2D eigenvalue weighted by Gasteiger charge is -2.13. The average Bonchev–Trinajstić information content (AvgIpc) is 2.12. The number of alkyl halides is 3. The SMILES string of the molecule is C=C(CCC(F)(F)F)C(=O)NC(C)CC. The molecular formula is C10H16F3NO. The molecule has 0 saturated carbocycles. The normalized spacial score (nSPS) is 13.4. The molecule has 0 aromatic carbocycles. The Labute approximate surface area is 87.5 Å². The van der Waals surface area contributed by atoms with Crippen molar-refractivity contribution < 1.29 is 18.0 Å². The van der Waals surface area contributed by atoms with Gasteiger partial charge in [0.05, 0.1) is 0 Å². The van der Waals surface area contributed by atoms with E-state index in [0.717, 1.165) is 6.42 Å². The zero-order valence-corrected chi connectivity index (χ0v) is 8.95. The highest BCUT2D eigenvalue weighted by Gasteiger charge is 2.27. The van der Waals surface area contributed by atoms with Gasteiger partial charge in [-0.2, -0.15) is 13.2 Å². The first-order chi connectivity index (χ1) is 6.76. The van der Waals surface area contributed by atoms with Gasteiger partial charge in [-0.05, 0) is 19.8 Å². The number of halogens is 3. The molecule has 1 atom stereocenters. The van der Waals surface area contributed by atoms with Crippen LogP contribution in [0.25, 0.3) is 0 Å². The second kappa shape index (κ2) is 5.78. The molecule has 0 saturated heterocycles. The molecule has 0 spiro atoms. The van der Waals surface area contributed by atoms with E-state index in [1.165, 1.54) is 0 Å². The summed E-state index contributed by atoms with van der Waals surface area (Å²) in [5.41, 5.74) is -0.0207. The van der Waals surface area contributed by atoms with Crippen molar-refractivity contribution in [1.29, 1.82) is 0 Å². The summed E-state index contributed by atoms with van der Waals surface area (Å²) in [5.74, 6) is -0.492. The van der Waals surface area contributed by atoms with E-state index in [1.807, 2.05) is 6.92 Å². The molecule has 5 heteroatoms. The summed E-state index contributed by atoms with van der Waals surface area (Å²) < 4.78 is 35.5. The van der Waals surface area contributed by atoms with Gasteiger partial charge in [-0.25, -0.2) is 0 Å². The molecule has 0 aromatic rings. The van der Waals surface area contributed by atoms with Crippen molar-refractivity contribution in [2.75, 3.05) is 0 Å². The van der Waals surface area contributed by atoms with Crippen LogP contribution in [0.15, 0.2) is 12.2 Å². The number of nitrogens with one attached hydrogen (secondary N) is 1. The van der Waals surface area contributed by atoms with Crippen LogP contribution in [0.2, 0.25) is 0 Å². The summed E-state index contributed by atoms with van der Waals surface area (Å²) in [4.78, 5) is 11.3. The summed E-state index contributed by atoms with van der Waals surface area (Å²) in [7, 11) is 0. The Bertz CT molecular complexity index is 235. The third-order valence-corrected chi connectivity index (χ3v) is 2.02. The summed E-state index contributed by atoms with van der Waals surface area (Å²) in [6, 6.07) is -0.0415. The second-order valence-corrected chi connectivity index (χ2v) is 3.50. The highest BCUT2D eigenvalue weighted by atomic mass is 19.4. The quantitative estimate of drug-likeness (QED) is 0.713. The number of carbonyl (C=O) groups is 1. The van der Waals surface area contributed by atoms with Gasteiger partial charge >= 0.3 is 6.18 Å². The Kier molecular flexibility index (Phi) is 5.39. The summed E-state index contributed by atoms with van der Waals surface area (Å²) in [6.45, 7) is 7.00. The predicted molar refractivity (Wildman–Crippen MR) is 52.3 cm³/mol. The van der Waals surface area contributed by atoms with Crippen LogP contribution in [0.5, 0.6) is 0 Å². The molecule has 1 unspecified atom stereocenters. The smallest absolute Gasteiger partial charge is 0.350 e. The fourth-order valence-electron chi connectivity index (χ4n) is 0.834. The Morgan fingerprint density at radius 3 is 2.40 bits per heavy atom. The number of hydrogen-bond acceptors (Lipinski definition) is 1. The molecule has 0 bridgehead atoms. The highest BCUT2D eigenvalue weighted by Crippen LogP contribution is 2.23. The van der Waals surface area contributed by atoms with Crippen LogP contribution in [0.4, 0.5) is 13.2 Å². The summed E-state index contributed by atoms with van der Waals surface area (Å²) >= 11 is 0. The van der Waals surface area contributed by atoms with Crippen LogP contribution in [0.1, 0.15) is 33.1 Å². The molecule has 0 aliphatic heterocycles. The largest absolute Gasteiger partial charge is 0.389 e. The summed E-state index contributed by atoms with van der Waals surface area (Å²) in [6.07, 6.45) is -4.84. The van der Waals surface area contributed by atoms with Crippen LogP contribution in [0, 0.1) is 0 Å². The fourth-order valence-corrected chi connectivity index (χ4v) is 0.834. The molecule has 1 N–H and O–H groups in total. The molecule has 0 radical (unpaired) electrons. The molecule has 1 amide bonds. The summed E-state index contributed by atoms with van der Waals surface area (Å²) in [5, 5.41) is 2.56. The van der Waals surface area contributed by atoms with Crippen molar-refractivity contribution in [2.24, 2.45) is 0 Å². The second-order valence-electron chi connectivity index (χ2n) is 3.50. The molecule has 88 valence electrons. The van der Waals surface area contributed by atoms with Crippen LogP contribution >= 0.6 is 0 Å². The third kappa shape index (κ3) is 6.99. The van der Waals surface area contributed by atoms with Gasteiger partial charge in [0.2, 0.25) is 5.91 Å². The lowest BCUT2D eigenvalue weighted by molar-refractivity contribution is -0.134.